The Morgan fingerprint density at radius 2 is 1.84 bits per heavy atom. The summed E-state index contributed by atoms with van der Waals surface area (Å²) in [5, 5.41) is 15.9. The Labute approximate surface area is 146 Å². The highest BCUT2D eigenvalue weighted by Crippen LogP contribution is 2.22. The molecule has 1 heterocycles. The summed E-state index contributed by atoms with van der Waals surface area (Å²) < 4.78 is 1.68. The lowest BCUT2D eigenvalue weighted by molar-refractivity contribution is 0.0934. The Morgan fingerprint density at radius 3 is 2.52 bits per heavy atom. The molecule has 0 fully saturated rings. The first-order valence-electron chi connectivity index (χ1n) is 8.08. The van der Waals surface area contributed by atoms with E-state index >= 15 is 0 Å². The minimum absolute atomic E-state index is 0.0754. The summed E-state index contributed by atoms with van der Waals surface area (Å²) in [6.07, 6.45) is 0. The molecule has 0 spiro atoms. The van der Waals surface area contributed by atoms with Gasteiger partial charge in [-0.2, -0.15) is 0 Å². The number of carbonyl (C=O) groups excluding carboxylic acids is 1. The van der Waals surface area contributed by atoms with Crippen molar-refractivity contribution in [3.8, 4) is 17.1 Å². The smallest absolute Gasteiger partial charge is 0.291 e. The number of aromatic nitrogens is 3. The van der Waals surface area contributed by atoms with E-state index in [-0.39, 0.29) is 19.0 Å². The number of aryl methyl sites for hydroxylation is 2. The highest BCUT2D eigenvalue weighted by Gasteiger charge is 2.18. The monoisotopic (exact) mass is 336 g/mol. The zero-order valence-corrected chi connectivity index (χ0v) is 14.2. The fourth-order valence-electron chi connectivity index (χ4n) is 2.57. The summed E-state index contributed by atoms with van der Waals surface area (Å²) >= 11 is 0. The lowest BCUT2D eigenvalue weighted by atomic mass is 10.1. The van der Waals surface area contributed by atoms with Crippen LogP contribution in [0.25, 0.3) is 17.1 Å². The van der Waals surface area contributed by atoms with E-state index in [0.717, 1.165) is 22.4 Å². The van der Waals surface area contributed by atoms with Crippen LogP contribution in [-0.4, -0.2) is 38.9 Å². The molecule has 3 aromatic rings. The number of aliphatic hydroxyl groups is 1. The maximum atomic E-state index is 12.2. The molecule has 0 atom stereocenters. The van der Waals surface area contributed by atoms with Crippen LogP contribution >= 0.6 is 0 Å². The molecule has 0 saturated carbocycles. The van der Waals surface area contributed by atoms with Crippen LogP contribution in [0.5, 0.6) is 0 Å². The SMILES string of the molecule is Cc1cccc(-c2nc(C(=O)NCCO)nn2-c2cccc(C)c2)c1. The van der Waals surface area contributed by atoms with Crippen molar-refractivity contribution >= 4 is 5.91 Å². The molecule has 2 aromatic carbocycles. The van der Waals surface area contributed by atoms with Gasteiger partial charge in [0.05, 0.1) is 12.3 Å². The van der Waals surface area contributed by atoms with Crippen molar-refractivity contribution in [1.82, 2.24) is 20.1 Å². The van der Waals surface area contributed by atoms with Crippen molar-refractivity contribution < 1.29 is 9.90 Å². The van der Waals surface area contributed by atoms with E-state index in [1.54, 1.807) is 4.68 Å². The summed E-state index contributed by atoms with van der Waals surface area (Å²) in [7, 11) is 0. The van der Waals surface area contributed by atoms with Gasteiger partial charge in [-0.3, -0.25) is 4.79 Å². The van der Waals surface area contributed by atoms with Crippen molar-refractivity contribution in [3.63, 3.8) is 0 Å². The first kappa shape index (κ1) is 16.9. The quantitative estimate of drug-likeness (QED) is 0.749. The van der Waals surface area contributed by atoms with Gasteiger partial charge < -0.3 is 10.4 Å². The molecule has 0 unspecified atom stereocenters. The maximum Gasteiger partial charge on any atom is 0.291 e. The van der Waals surface area contributed by atoms with Gasteiger partial charge in [-0.15, -0.1) is 5.10 Å². The number of nitrogens with zero attached hydrogens (tertiary/aromatic N) is 3. The molecule has 1 aromatic heterocycles. The average molecular weight is 336 g/mol. The van der Waals surface area contributed by atoms with E-state index in [1.807, 2.05) is 62.4 Å². The van der Waals surface area contributed by atoms with Gasteiger partial charge in [0.15, 0.2) is 5.82 Å². The predicted molar refractivity (Wildman–Crippen MR) is 95.7 cm³/mol. The molecule has 0 aliphatic heterocycles. The molecule has 0 radical (unpaired) electrons. The Morgan fingerprint density at radius 1 is 1.12 bits per heavy atom. The van der Waals surface area contributed by atoms with E-state index in [9.17, 15) is 4.79 Å². The van der Waals surface area contributed by atoms with Crippen LogP contribution in [-0.2, 0) is 0 Å². The van der Waals surface area contributed by atoms with Crippen LogP contribution in [0.4, 0.5) is 0 Å². The molecule has 0 aliphatic carbocycles. The van der Waals surface area contributed by atoms with Crippen LogP contribution < -0.4 is 5.32 Å². The summed E-state index contributed by atoms with van der Waals surface area (Å²) in [5.41, 5.74) is 3.91. The highest BCUT2D eigenvalue weighted by molar-refractivity contribution is 5.91. The molecule has 0 aliphatic rings. The van der Waals surface area contributed by atoms with Gasteiger partial charge in [0.2, 0.25) is 5.82 Å². The van der Waals surface area contributed by atoms with Gasteiger partial charge in [0, 0.05) is 12.1 Å². The van der Waals surface area contributed by atoms with Crippen molar-refractivity contribution in [2.24, 2.45) is 0 Å². The van der Waals surface area contributed by atoms with E-state index in [0.29, 0.717) is 5.82 Å². The second-order valence-electron chi connectivity index (χ2n) is 5.86. The van der Waals surface area contributed by atoms with Crippen LogP contribution in [0.2, 0.25) is 0 Å². The van der Waals surface area contributed by atoms with Crippen LogP contribution in [0.1, 0.15) is 21.7 Å². The third-order valence-corrected chi connectivity index (χ3v) is 3.73. The number of hydrogen-bond donors (Lipinski definition) is 2. The minimum Gasteiger partial charge on any atom is -0.395 e. The fraction of sp³-hybridized carbons (Fsp3) is 0.211. The summed E-state index contributed by atoms with van der Waals surface area (Å²) in [6.45, 7) is 4.04. The molecule has 6 nitrogen and oxygen atoms in total. The molecular formula is C19H20N4O2. The zero-order chi connectivity index (χ0) is 17.8. The van der Waals surface area contributed by atoms with E-state index in [2.05, 4.69) is 15.4 Å². The topological polar surface area (TPSA) is 80.0 Å². The molecule has 25 heavy (non-hydrogen) atoms. The lowest BCUT2D eigenvalue weighted by Crippen LogP contribution is -2.27. The molecular weight excluding hydrogens is 316 g/mol. The third kappa shape index (κ3) is 3.75. The molecule has 1 amide bonds. The van der Waals surface area contributed by atoms with Gasteiger partial charge in [0.25, 0.3) is 5.91 Å². The van der Waals surface area contributed by atoms with E-state index in [1.165, 1.54) is 0 Å². The van der Waals surface area contributed by atoms with E-state index in [4.69, 9.17) is 5.11 Å². The number of benzene rings is 2. The lowest BCUT2D eigenvalue weighted by Gasteiger charge is -2.07. The Hall–Kier alpha value is -2.99. The Kier molecular flexibility index (Phi) is 4.90. The fourth-order valence-corrected chi connectivity index (χ4v) is 2.57. The standard InChI is InChI=1S/C19H20N4O2/c1-13-5-3-7-15(11-13)18-21-17(19(25)20-9-10-24)22-23(18)16-8-4-6-14(2)12-16/h3-8,11-12,24H,9-10H2,1-2H3,(H,20,25). The summed E-state index contributed by atoms with van der Waals surface area (Å²) in [5.74, 6) is 0.268. The Balaban J connectivity index is 2.11. The van der Waals surface area contributed by atoms with Crippen molar-refractivity contribution in [2.45, 2.75) is 13.8 Å². The van der Waals surface area contributed by atoms with Gasteiger partial charge in [-0.25, -0.2) is 9.67 Å². The highest BCUT2D eigenvalue weighted by atomic mass is 16.3. The minimum atomic E-state index is -0.408. The van der Waals surface area contributed by atoms with Crippen LogP contribution in [0.15, 0.2) is 48.5 Å². The molecule has 0 bridgehead atoms. The van der Waals surface area contributed by atoms with Gasteiger partial charge in [-0.05, 0) is 37.6 Å². The largest absolute Gasteiger partial charge is 0.395 e. The van der Waals surface area contributed by atoms with Crippen LogP contribution in [0.3, 0.4) is 0 Å². The Bertz CT molecular complexity index is 839. The molecule has 6 heteroatoms. The molecule has 2 N–H and O–H groups in total. The average Bonchev–Trinajstić information content (AvgIpc) is 3.05. The predicted octanol–water partition coefficient (Wildman–Crippen LogP) is 2.27. The first-order valence-corrected chi connectivity index (χ1v) is 8.08. The van der Waals surface area contributed by atoms with Crippen LogP contribution in [0, 0.1) is 13.8 Å². The second-order valence-corrected chi connectivity index (χ2v) is 5.86. The van der Waals surface area contributed by atoms with Crippen molar-refractivity contribution in [2.75, 3.05) is 13.2 Å². The normalized spacial score (nSPS) is 10.7. The number of amides is 1. The summed E-state index contributed by atoms with van der Waals surface area (Å²) in [4.78, 5) is 16.6. The van der Waals surface area contributed by atoms with Gasteiger partial charge in [-0.1, -0.05) is 35.9 Å². The van der Waals surface area contributed by atoms with E-state index < -0.39 is 5.91 Å². The van der Waals surface area contributed by atoms with Gasteiger partial charge >= 0.3 is 0 Å². The zero-order valence-electron chi connectivity index (χ0n) is 14.2. The molecule has 128 valence electrons. The number of rotatable bonds is 5. The number of carbonyl (C=O) groups is 1. The maximum absolute atomic E-state index is 12.2. The number of aliphatic hydroxyl groups excluding tert-OH is 1. The van der Waals surface area contributed by atoms with Crippen molar-refractivity contribution in [1.29, 1.82) is 0 Å². The molecule has 0 saturated heterocycles. The summed E-state index contributed by atoms with van der Waals surface area (Å²) in [6, 6.07) is 15.8. The molecule has 3 rings (SSSR count). The van der Waals surface area contributed by atoms with Gasteiger partial charge in [0.1, 0.15) is 0 Å². The first-order chi connectivity index (χ1) is 12.1. The third-order valence-electron chi connectivity index (χ3n) is 3.73. The van der Waals surface area contributed by atoms with Crippen molar-refractivity contribution in [3.05, 3.63) is 65.5 Å². The number of hydrogen-bond acceptors (Lipinski definition) is 4. The second kappa shape index (κ2) is 7.27. The number of nitrogens with one attached hydrogen (secondary N) is 1.